The van der Waals surface area contributed by atoms with E-state index in [1.807, 2.05) is 26.8 Å². The molecule has 0 saturated heterocycles. The molecule has 0 bridgehead atoms. The Bertz CT molecular complexity index is 973. The second-order valence-corrected chi connectivity index (χ2v) is 6.95. The molecule has 178 valence electrons. The second-order valence-electron chi connectivity index (χ2n) is 6.95. The van der Waals surface area contributed by atoms with Gasteiger partial charge >= 0.3 is 0 Å². The van der Waals surface area contributed by atoms with Crippen molar-refractivity contribution in [1.29, 1.82) is 0 Å². The predicted octanol–water partition coefficient (Wildman–Crippen LogP) is 4.00. The zero-order chi connectivity index (χ0) is 24.2. The van der Waals surface area contributed by atoms with Crippen LogP contribution in [0.15, 0.2) is 42.5 Å². The molecule has 0 unspecified atom stereocenters. The standard InChI is InChI=1S/C25H32N2O6/c1-6-31-21-13-11-19(16-23(21)33-8-3)26-24(28)17-27(4)25(29)14-10-18-9-12-20(30-5)22(15-18)32-7-2/h9-16H,6-8,17H2,1-5H3,(H,26,28)/b14-10+. The van der Waals surface area contributed by atoms with Gasteiger partial charge in [-0.15, -0.1) is 0 Å². The van der Waals surface area contributed by atoms with Gasteiger partial charge in [-0.1, -0.05) is 6.07 Å². The predicted molar refractivity (Wildman–Crippen MR) is 128 cm³/mol. The van der Waals surface area contributed by atoms with E-state index in [1.54, 1.807) is 50.6 Å². The Morgan fingerprint density at radius 1 is 0.879 bits per heavy atom. The maximum atomic E-state index is 12.5. The van der Waals surface area contributed by atoms with Crippen LogP contribution >= 0.6 is 0 Å². The Morgan fingerprint density at radius 2 is 1.48 bits per heavy atom. The zero-order valence-electron chi connectivity index (χ0n) is 19.8. The van der Waals surface area contributed by atoms with Crippen molar-refractivity contribution in [3.05, 3.63) is 48.0 Å². The van der Waals surface area contributed by atoms with Crippen LogP contribution in [0.3, 0.4) is 0 Å². The van der Waals surface area contributed by atoms with E-state index in [-0.39, 0.29) is 18.4 Å². The lowest BCUT2D eigenvalue weighted by Gasteiger charge is -2.16. The minimum absolute atomic E-state index is 0.104. The van der Waals surface area contributed by atoms with E-state index in [0.29, 0.717) is 48.5 Å². The maximum Gasteiger partial charge on any atom is 0.246 e. The van der Waals surface area contributed by atoms with Crippen molar-refractivity contribution in [2.24, 2.45) is 0 Å². The number of anilines is 1. The van der Waals surface area contributed by atoms with Crippen LogP contribution in [0.1, 0.15) is 26.3 Å². The summed E-state index contributed by atoms with van der Waals surface area (Å²) < 4.78 is 21.9. The highest BCUT2D eigenvalue weighted by Crippen LogP contribution is 2.31. The summed E-state index contributed by atoms with van der Waals surface area (Å²) in [5.41, 5.74) is 1.34. The Morgan fingerprint density at radius 3 is 2.12 bits per heavy atom. The van der Waals surface area contributed by atoms with E-state index in [9.17, 15) is 9.59 Å². The van der Waals surface area contributed by atoms with Crippen molar-refractivity contribution in [3.63, 3.8) is 0 Å². The molecule has 0 heterocycles. The molecule has 0 atom stereocenters. The van der Waals surface area contributed by atoms with Crippen LogP contribution < -0.4 is 24.3 Å². The van der Waals surface area contributed by atoms with Gasteiger partial charge in [0.15, 0.2) is 23.0 Å². The van der Waals surface area contributed by atoms with Crippen molar-refractivity contribution < 1.29 is 28.5 Å². The number of hydrogen-bond acceptors (Lipinski definition) is 6. The Kier molecular flexibility index (Phi) is 10.1. The number of nitrogens with zero attached hydrogens (tertiary/aromatic N) is 1. The summed E-state index contributed by atoms with van der Waals surface area (Å²) in [5, 5.41) is 2.78. The lowest BCUT2D eigenvalue weighted by Crippen LogP contribution is -2.33. The first kappa shape index (κ1) is 25.6. The molecule has 8 nitrogen and oxygen atoms in total. The lowest BCUT2D eigenvalue weighted by atomic mass is 10.2. The molecule has 8 heteroatoms. The maximum absolute atomic E-state index is 12.5. The Hall–Kier alpha value is -3.68. The van der Waals surface area contributed by atoms with E-state index in [0.717, 1.165) is 5.56 Å². The molecule has 1 N–H and O–H groups in total. The van der Waals surface area contributed by atoms with E-state index in [2.05, 4.69) is 5.32 Å². The minimum atomic E-state index is -0.325. The first-order valence-electron chi connectivity index (χ1n) is 10.8. The number of ether oxygens (including phenoxy) is 4. The van der Waals surface area contributed by atoms with Gasteiger partial charge in [-0.05, 0) is 56.7 Å². The number of rotatable bonds is 12. The van der Waals surface area contributed by atoms with Crippen molar-refractivity contribution in [1.82, 2.24) is 4.90 Å². The molecular formula is C25H32N2O6. The SMILES string of the molecule is CCOc1cc(/C=C/C(=O)N(C)CC(=O)Nc2ccc(OCC)c(OCC)c2)ccc1OC. The molecule has 0 spiro atoms. The highest BCUT2D eigenvalue weighted by atomic mass is 16.5. The van der Waals surface area contributed by atoms with Crippen molar-refractivity contribution in [3.8, 4) is 23.0 Å². The van der Waals surface area contributed by atoms with Crippen LogP contribution in [0.2, 0.25) is 0 Å². The minimum Gasteiger partial charge on any atom is -0.493 e. The van der Waals surface area contributed by atoms with Gasteiger partial charge in [-0.25, -0.2) is 0 Å². The highest BCUT2D eigenvalue weighted by Gasteiger charge is 2.13. The van der Waals surface area contributed by atoms with E-state index in [4.69, 9.17) is 18.9 Å². The van der Waals surface area contributed by atoms with Gasteiger partial charge in [-0.3, -0.25) is 9.59 Å². The molecule has 0 aliphatic rings. The van der Waals surface area contributed by atoms with Gasteiger partial charge < -0.3 is 29.2 Å². The van der Waals surface area contributed by atoms with Gasteiger partial charge in [0.05, 0.1) is 33.5 Å². The van der Waals surface area contributed by atoms with Gasteiger partial charge in [0.1, 0.15) is 0 Å². The smallest absolute Gasteiger partial charge is 0.246 e. The van der Waals surface area contributed by atoms with Crippen LogP contribution in [0, 0.1) is 0 Å². The third kappa shape index (κ3) is 7.75. The van der Waals surface area contributed by atoms with Crippen molar-refractivity contribution in [2.45, 2.75) is 20.8 Å². The number of carbonyl (C=O) groups excluding carboxylic acids is 2. The fourth-order valence-electron chi connectivity index (χ4n) is 2.98. The number of benzene rings is 2. The number of carbonyl (C=O) groups is 2. The number of likely N-dealkylation sites (N-methyl/N-ethyl adjacent to an activating group) is 1. The third-order valence-electron chi connectivity index (χ3n) is 4.49. The summed E-state index contributed by atoms with van der Waals surface area (Å²) in [7, 11) is 3.14. The van der Waals surface area contributed by atoms with Gasteiger partial charge in [0.25, 0.3) is 0 Å². The summed E-state index contributed by atoms with van der Waals surface area (Å²) in [4.78, 5) is 26.2. The quantitative estimate of drug-likeness (QED) is 0.486. The Labute approximate surface area is 195 Å². The topological polar surface area (TPSA) is 86.3 Å². The first-order chi connectivity index (χ1) is 15.9. The molecule has 2 amide bonds. The number of hydrogen-bond donors (Lipinski definition) is 1. The average Bonchev–Trinajstić information content (AvgIpc) is 2.79. The molecule has 0 radical (unpaired) electrons. The van der Waals surface area contributed by atoms with Crippen molar-refractivity contribution >= 4 is 23.6 Å². The summed E-state index contributed by atoms with van der Waals surface area (Å²) in [6.45, 7) is 7.03. The normalized spacial score (nSPS) is 10.6. The molecule has 0 aliphatic heterocycles. The molecule has 2 aromatic rings. The molecule has 33 heavy (non-hydrogen) atoms. The lowest BCUT2D eigenvalue weighted by molar-refractivity contribution is -0.129. The molecular weight excluding hydrogens is 424 g/mol. The van der Waals surface area contributed by atoms with Crippen molar-refractivity contribution in [2.75, 3.05) is 45.8 Å². The zero-order valence-corrected chi connectivity index (χ0v) is 19.8. The summed E-state index contributed by atoms with van der Waals surface area (Å²) in [6, 6.07) is 10.6. The Balaban J connectivity index is 1.98. The van der Waals surface area contributed by atoms with E-state index < -0.39 is 0 Å². The van der Waals surface area contributed by atoms with Crippen LogP contribution in [-0.4, -0.2) is 57.2 Å². The summed E-state index contributed by atoms with van der Waals surface area (Å²) in [6.07, 6.45) is 3.08. The molecule has 2 rings (SSSR count). The average molecular weight is 457 g/mol. The largest absolute Gasteiger partial charge is 0.493 e. The molecule has 0 aliphatic carbocycles. The monoisotopic (exact) mass is 456 g/mol. The van der Waals surface area contributed by atoms with Gasteiger partial charge in [0.2, 0.25) is 11.8 Å². The summed E-state index contributed by atoms with van der Waals surface area (Å²) >= 11 is 0. The number of methoxy groups -OCH3 is 1. The molecule has 0 saturated carbocycles. The highest BCUT2D eigenvalue weighted by molar-refractivity contribution is 5.98. The molecule has 0 aromatic heterocycles. The fourth-order valence-corrected chi connectivity index (χ4v) is 2.98. The number of nitrogens with one attached hydrogen (secondary N) is 1. The molecule has 0 fully saturated rings. The van der Waals surface area contributed by atoms with Crippen LogP contribution in [0.5, 0.6) is 23.0 Å². The number of amides is 2. The molecule has 2 aromatic carbocycles. The van der Waals surface area contributed by atoms with E-state index >= 15 is 0 Å². The van der Waals surface area contributed by atoms with Crippen LogP contribution in [0.4, 0.5) is 5.69 Å². The van der Waals surface area contributed by atoms with E-state index in [1.165, 1.54) is 11.0 Å². The third-order valence-corrected chi connectivity index (χ3v) is 4.49. The second kappa shape index (κ2) is 13.0. The van der Waals surface area contributed by atoms with Crippen LogP contribution in [0.25, 0.3) is 6.08 Å². The van der Waals surface area contributed by atoms with Gasteiger partial charge in [0, 0.05) is 24.9 Å². The van der Waals surface area contributed by atoms with Gasteiger partial charge in [-0.2, -0.15) is 0 Å². The fraction of sp³-hybridized carbons (Fsp3) is 0.360. The first-order valence-corrected chi connectivity index (χ1v) is 10.8. The summed E-state index contributed by atoms with van der Waals surface area (Å²) in [5.74, 6) is 1.76. The van der Waals surface area contributed by atoms with Crippen LogP contribution in [-0.2, 0) is 9.59 Å².